The molecule has 0 N–H and O–H groups in total. The molecule has 0 amide bonds. The van der Waals surface area contributed by atoms with E-state index in [0.717, 1.165) is 27.6 Å². The summed E-state index contributed by atoms with van der Waals surface area (Å²) in [5, 5.41) is 7.46. The molecule has 2 heteroatoms. The average Bonchev–Trinajstić information content (AvgIpc) is 3.89. The van der Waals surface area contributed by atoms with Crippen LogP contribution < -0.4 is 0 Å². The Morgan fingerprint density at radius 3 is 1.70 bits per heavy atom. The second kappa shape index (κ2) is 11.2. The Morgan fingerprint density at radius 2 is 0.870 bits per heavy atom. The first-order valence-electron chi connectivity index (χ1n) is 18.6. The van der Waals surface area contributed by atoms with Crippen molar-refractivity contribution in [3.05, 3.63) is 188 Å². The van der Waals surface area contributed by atoms with Gasteiger partial charge in [0.1, 0.15) is 11.2 Å². The van der Waals surface area contributed by atoms with Crippen LogP contribution in [0.25, 0.3) is 116 Å². The second-order valence-electron chi connectivity index (χ2n) is 14.5. The Kier molecular flexibility index (Phi) is 6.09. The Hall–Kier alpha value is -7.16. The van der Waals surface area contributed by atoms with E-state index >= 15 is 0 Å². The number of para-hydroxylation sites is 1. The van der Waals surface area contributed by atoms with Crippen LogP contribution in [-0.2, 0) is 0 Å². The van der Waals surface area contributed by atoms with Crippen LogP contribution >= 0.6 is 0 Å². The van der Waals surface area contributed by atoms with Crippen molar-refractivity contribution >= 4 is 54.5 Å². The first kappa shape index (κ1) is 29.4. The normalized spacial score (nSPS) is 12.1. The number of hydrogen-bond acceptors (Lipinski definition) is 1. The summed E-state index contributed by atoms with van der Waals surface area (Å²) in [7, 11) is 0. The molecule has 1 aliphatic carbocycles. The summed E-state index contributed by atoms with van der Waals surface area (Å²) >= 11 is 0. The van der Waals surface area contributed by atoms with E-state index in [1.54, 1.807) is 0 Å². The molecule has 0 atom stereocenters. The van der Waals surface area contributed by atoms with Gasteiger partial charge in [0.2, 0.25) is 0 Å². The molecule has 12 rings (SSSR count). The molecule has 0 spiro atoms. The van der Waals surface area contributed by atoms with Gasteiger partial charge in [0.25, 0.3) is 0 Å². The van der Waals surface area contributed by atoms with E-state index in [0.29, 0.717) is 0 Å². The summed E-state index contributed by atoms with van der Waals surface area (Å²) in [6.45, 7) is 0. The van der Waals surface area contributed by atoms with Gasteiger partial charge in [-0.2, -0.15) is 0 Å². The van der Waals surface area contributed by atoms with Crippen molar-refractivity contribution in [2.75, 3.05) is 0 Å². The van der Waals surface area contributed by atoms with Crippen molar-refractivity contribution in [2.45, 2.75) is 0 Å². The molecule has 0 saturated carbocycles. The summed E-state index contributed by atoms with van der Waals surface area (Å²) in [6, 6.07) is 68.5. The maximum atomic E-state index is 6.19. The molecule has 1 aliphatic rings. The third-order valence-electron chi connectivity index (χ3n) is 11.5. The molecule has 0 aliphatic heterocycles. The van der Waals surface area contributed by atoms with E-state index in [1.807, 2.05) is 12.1 Å². The fraction of sp³-hybridized carbons (Fsp3) is 0. The zero-order valence-electron chi connectivity index (χ0n) is 29.3. The van der Waals surface area contributed by atoms with Crippen LogP contribution in [0.3, 0.4) is 0 Å². The van der Waals surface area contributed by atoms with Crippen LogP contribution in [0.5, 0.6) is 0 Å². The van der Waals surface area contributed by atoms with Crippen molar-refractivity contribution in [2.24, 2.45) is 0 Å². The van der Waals surface area contributed by atoms with Crippen molar-refractivity contribution < 1.29 is 4.42 Å². The van der Waals surface area contributed by atoms with Gasteiger partial charge in [-0.3, -0.25) is 0 Å². The fourth-order valence-corrected chi connectivity index (χ4v) is 9.06. The van der Waals surface area contributed by atoms with Gasteiger partial charge in [-0.1, -0.05) is 133 Å². The first-order valence-corrected chi connectivity index (χ1v) is 18.6. The number of fused-ring (bicyclic) bond motifs is 10. The van der Waals surface area contributed by atoms with Gasteiger partial charge in [0, 0.05) is 27.2 Å². The highest BCUT2D eigenvalue weighted by molar-refractivity contribution is 6.29. The Bertz CT molecular complexity index is 3310. The molecule has 9 aromatic carbocycles. The zero-order chi connectivity index (χ0) is 35.3. The average molecular weight is 686 g/mol. The lowest BCUT2D eigenvalue weighted by molar-refractivity contribution is 0.669. The fourth-order valence-electron chi connectivity index (χ4n) is 9.06. The molecule has 54 heavy (non-hydrogen) atoms. The van der Waals surface area contributed by atoms with Crippen molar-refractivity contribution in [3.63, 3.8) is 0 Å². The Morgan fingerprint density at radius 1 is 0.296 bits per heavy atom. The standard InChI is InChI=1S/C52H31NO/c1-2-10-32(11-3-1)34-12-8-13-35(28-34)33-20-24-38(25-21-33)53-47-26-22-36(37-23-27-50-44(29-37)41-16-6-7-19-49(41)54-50)30-46(47)52-43-18-9-17-42-39-14-4-5-15-40(39)45(51(42)43)31-48(52)53/h1-31H. The van der Waals surface area contributed by atoms with Gasteiger partial charge in [-0.25, -0.2) is 0 Å². The van der Waals surface area contributed by atoms with Gasteiger partial charge >= 0.3 is 0 Å². The minimum absolute atomic E-state index is 0.914. The minimum Gasteiger partial charge on any atom is -0.456 e. The van der Waals surface area contributed by atoms with Crippen LogP contribution in [-0.4, -0.2) is 4.57 Å². The number of rotatable bonds is 4. The largest absolute Gasteiger partial charge is 0.456 e. The summed E-state index contributed by atoms with van der Waals surface area (Å²) in [4.78, 5) is 0. The predicted octanol–water partition coefficient (Wildman–Crippen LogP) is 14.5. The van der Waals surface area contributed by atoms with E-state index < -0.39 is 0 Å². The summed E-state index contributed by atoms with van der Waals surface area (Å²) in [5.74, 6) is 0. The molecule has 0 fully saturated rings. The number of nitrogens with zero attached hydrogens (tertiary/aromatic N) is 1. The minimum atomic E-state index is 0.914. The quantitative estimate of drug-likeness (QED) is 0.180. The first-order chi connectivity index (χ1) is 26.8. The number of hydrogen-bond donors (Lipinski definition) is 0. The van der Waals surface area contributed by atoms with Crippen molar-refractivity contribution in [1.29, 1.82) is 0 Å². The number of furan rings is 1. The third-order valence-corrected chi connectivity index (χ3v) is 11.5. The smallest absolute Gasteiger partial charge is 0.135 e. The van der Waals surface area contributed by atoms with Crippen molar-refractivity contribution in [3.8, 4) is 61.3 Å². The Labute approximate surface area is 311 Å². The molecule has 0 radical (unpaired) electrons. The van der Waals surface area contributed by atoms with Gasteiger partial charge in [0.05, 0.1) is 11.0 Å². The topological polar surface area (TPSA) is 18.1 Å². The maximum Gasteiger partial charge on any atom is 0.135 e. The summed E-state index contributed by atoms with van der Waals surface area (Å²) < 4.78 is 8.65. The Balaban J connectivity index is 1.08. The molecule has 0 saturated heterocycles. The number of benzene rings is 9. The van der Waals surface area contributed by atoms with E-state index in [9.17, 15) is 0 Å². The molecule has 0 unspecified atom stereocenters. The number of aromatic nitrogens is 1. The van der Waals surface area contributed by atoms with Gasteiger partial charge in [0.15, 0.2) is 0 Å². The van der Waals surface area contributed by atoms with Crippen LogP contribution in [0.2, 0.25) is 0 Å². The molecular weight excluding hydrogens is 655 g/mol. The zero-order valence-corrected chi connectivity index (χ0v) is 29.3. The highest BCUT2D eigenvalue weighted by Crippen LogP contribution is 2.51. The monoisotopic (exact) mass is 685 g/mol. The van der Waals surface area contributed by atoms with Crippen molar-refractivity contribution in [1.82, 2.24) is 4.57 Å². The van der Waals surface area contributed by atoms with E-state index in [1.165, 1.54) is 88.2 Å². The van der Waals surface area contributed by atoms with E-state index in [2.05, 4.69) is 180 Å². The molecule has 2 aromatic heterocycles. The van der Waals surface area contributed by atoms with Gasteiger partial charge in [-0.05, 0) is 121 Å². The lowest BCUT2D eigenvalue weighted by Crippen LogP contribution is -1.94. The van der Waals surface area contributed by atoms with E-state index in [-0.39, 0.29) is 0 Å². The highest BCUT2D eigenvalue weighted by Gasteiger charge is 2.25. The van der Waals surface area contributed by atoms with Gasteiger partial charge in [-0.15, -0.1) is 0 Å². The van der Waals surface area contributed by atoms with E-state index in [4.69, 9.17) is 4.42 Å². The summed E-state index contributed by atoms with van der Waals surface area (Å²) in [5.41, 5.74) is 17.8. The maximum absolute atomic E-state index is 6.19. The predicted molar refractivity (Wildman–Crippen MR) is 226 cm³/mol. The lowest BCUT2D eigenvalue weighted by atomic mass is 9.96. The van der Waals surface area contributed by atoms with Crippen LogP contribution in [0.1, 0.15) is 0 Å². The molecule has 2 heterocycles. The molecule has 2 nitrogen and oxygen atoms in total. The lowest BCUT2D eigenvalue weighted by Gasteiger charge is -2.12. The molecule has 250 valence electrons. The summed E-state index contributed by atoms with van der Waals surface area (Å²) in [6.07, 6.45) is 0. The molecule has 0 bridgehead atoms. The molecule has 11 aromatic rings. The van der Waals surface area contributed by atoms with Gasteiger partial charge < -0.3 is 8.98 Å². The highest BCUT2D eigenvalue weighted by atomic mass is 16.3. The molecular formula is C52H31NO. The third kappa shape index (κ3) is 4.22. The SMILES string of the molecule is c1ccc(-c2cccc(-c3ccc(-n4c5ccc(-c6ccc7oc8ccccc8c7c6)cc5c5c6cccc7c6c(cc54)-c4ccccc4-7)cc3)c2)cc1. The second-order valence-corrected chi connectivity index (χ2v) is 14.5. The van der Waals surface area contributed by atoms with Crippen LogP contribution in [0, 0.1) is 0 Å². The van der Waals surface area contributed by atoms with Crippen LogP contribution in [0.15, 0.2) is 192 Å². The van der Waals surface area contributed by atoms with Crippen LogP contribution in [0.4, 0.5) is 0 Å².